The lowest BCUT2D eigenvalue weighted by molar-refractivity contribution is 0.0486. The molecule has 29 heavy (non-hydrogen) atoms. The van der Waals surface area contributed by atoms with Crippen molar-refractivity contribution in [3.63, 3.8) is 0 Å². The molecule has 1 fully saturated rings. The van der Waals surface area contributed by atoms with Gasteiger partial charge in [-0.05, 0) is 72.3 Å². The van der Waals surface area contributed by atoms with E-state index in [0.717, 1.165) is 48.3 Å². The summed E-state index contributed by atoms with van der Waals surface area (Å²) in [4.78, 5) is 24.3. The predicted molar refractivity (Wildman–Crippen MR) is 111 cm³/mol. The molecule has 1 aliphatic carbocycles. The van der Waals surface area contributed by atoms with Crippen LogP contribution in [0.3, 0.4) is 0 Å². The van der Waals surface area contributed by atoms with E-state index in [9.17, 15) is 9.59 Å². The normalized spacial score (nSPS) is 19.8. The van der Waals surface area contributed by atoms with E-state index in [0.29, 0.717) is 12.5 Å². The van der Waals surface area contributed by atoms with Gasteiger partial charge in [0.2, 0.25) is 0 Å². The van der Waals surface area contributed by atoms with Gasteiger partial charge in [-0.1, -0.05) is 5.16 Å². The number of hydrogen-bond donors (Lipinski definition) is 1. The van der Waals surface area contributed by atoms with Crippen LogP contribution in [-0.4, -0.2) is 27.5 Å². The molecule has 0 bridgehead atoms. The SMILES string of the molecule is Cc1noc(C)c1-c1ccc(=O)n(CC2CCC(NC(=O)OC(C)(C)C)CC2)c1. The van der Waals surface area contributed by atoms with E-state index in [1.165, 1.54) is 0 Å². The van der Waals surface area contributed by atoms with E-state index in [1.807, 2.05) is 46.9 Å². The molecule has 0 atom stereocenters. The number of amides is 1. The van der Waals surface area contributed by atoms with Crippen LogP contribution < -0.4 is 10.9 Å². The van der Waals surface area contributed by atoms with Crippen molar-refractivity contribution in [2.45, 2.75) is 78.5 Å². The first-order valence-corrected chi connectivity index (χ1v) is 10.3. The molecule has 0 radical (unpaired) electrons. The average molecular weight is 402 g/mol. The highest BCUT2D eigenvalue weighted by atomic mass is 16.6. The summed E-state index contributed by atoms with van der Waals surface area (Å²) >= 11 is 0. The molecule has 0 aromatic carbocycles. The summed E-state index contributed by atoms with van der Waals surface area (Å²) in [6.07, 6.45) is 5.25. The van der Waals surface area contributed by atoms with Gasteiger partial charge in [0.1, 0.15) is 11.4 Å². The van der Waals surface area contributed by atoms with E-state index in [-0.39, 0.29) is 17.7 Å². The minimum Gasteiger partial charge on any atom is -0.444 e. The second kappa shape index (κ2) is 8.43. The van der Waals surface area contributed by atoms with Crippen LogP contribution in [0.4, 0.5) is 4.79 Å². The summed E-state index contributed by atoms with van der Waals surface area (Å²) in [6.45, 7) is 10.0. The summed E-state index contributed by atoms with van der Waals surface area (Å²) < 4.78 is 12.4. The van der Waals surface area contributed by atoms with E-state index in [2.05, 4.69) is 10.5 Å². The fourth-order valence-electron chi connectivity index (χ4n) is 3.96. The van der Waals surface area contributed by atoms with Crippen molar-refractivity contribution in [2.24, 2.45) is 5.92 Å². The molecule has 1 N–H and O–H groups in total. The maximum Gasteiger partial charge on any atom is 0.407 e. The molecule has 7 nitrogen and oxygen atoms in total. The minimum atomic E-state index is -0.491. The number of aromatic nitrogens is 2. The van der Waals surface area contributed by atoms with Gasteiger partial charge >= 0.3 is 6.09 Å². The lowest BCUT2D eigenvalue weighted by Crippen LogP contribution is -2.41. The van der Waals surface area contributed by atoms with Gasteiger partial charge < -0.3 is 19.1 Å². The van der Waals surface area contributed by atoms with Crippen LogP contribution in [0.5, 0.6) is 0 Å². The second-order valence-electron chi connectivity index (χ2n) is 8.97. The van der Waals surface area contributed by atoms with Gasteiger partial charge in [-0.3, -0.25) is 4.79 Å². The molecular weight excluding hydrogens is 370 g/mol. The Bertz CT molecular complexity index is 895. The number of nitrogens with zero attached hydrogens (tertiary/aromatic N) is 2. The molecular formula is C22H31N3O4. The highest BCUT2D eigenvalue weighted by Gasteiger charge is 2.25. The Morgan fingerprint density at radius 1 is 1.24 bits per heavy atom. The van der Waals surface area contributed by atoms with Gasteiger partial charge in [-0.15, -0.1) is 0 Å². The van der Waals surface area contributed by atoms with E-state index >= 15 is 0 Å². The van der Waals surface area contributed by atoms with Gasteiger partial charge in [-0.2, -0.15) is 0 Å². The number of ether oxygens (including phenoxy) is 1. The Kier molecular flexibility index (Phi) is 6.15. The van der Waals surface area contributed by atoms with Crippen molar-refractivity contribution in [2.75, 3.05) is 0 Å². The fourth-order valence-corrected chi connectivity index (χ4v) is 3.96. The second-order valence-corrected chi connectivity index (χ2v) is 8.97. The highest BCUT2D eigenvalue weighted by Crippen LogP contribution is 2.28. The van der Waals surface area contributed by atoms with Crippen LogP contribution in [0, 0.1) is 19.8 Å². The van der Waals surface area contributed by atoms with E-state index < -0.39 is 5.60 Å². The summed E-state index contributed by atoms with van der Waals surface area (Å²) in [6, 6.07) is 3.57. The molecule has 7 heteroatoms. The molecule has 0 saturated heterocycles. The quantitative estimate of drug-likeness (QED) is 0.830. The zero-order valence-corrected chi connectivity index (χ0v) is 17.9. The maximum atomic E-state index is 12.4. The van der Waals surface area contributed by atoms with E-state index in [1.54, 1.807) is 10.6 Å². The number of aryl methyl sites for hydroxylation is 2. The standard InChI is InChI=1S/C22H31N3O4/c1-14-20(15(2)29-24-14)17-8-11-19(26)25(13-17)12-16-6-9-18(10-7-16)23-21(27)28-22(3,4)5/h8,11,13,16,18H,6-7,9-10,12H2,1-5H3,(H,23,27). The highest BCUT2D eigenvalue weighted by molar-refractivity contribution is 5.68. The van der Waals surface area contributed by atoms with Crippen molar-refractivity contribution >= 4 is 6.09 Å². The van der Waals surface area contributed by atoms with Crippen LogP contribution >= 0.6 is 0 Å². The van der Waals surface area contributed by atoms with Crippen LogP contribution in [0.2, 0.25) is 0 Å². The molecule has 158 valence electrons. The molecule has 0 unspecified atom stereocenters. The first kappa shape index (κ1) is 21.1. The largest absolute Gasteiger partial charge is 0.444 e. The molecule has 2 heterocycles. The Hall–Kier alpha value is -2.57. The Balaban J connectivity index is 1.60. The smallest absolute Gasteiger partial charge is 0.407 e. The topological polar surface area (TPSA) is 86.4 Å². The van der Waals surface area contributed by atoms with Gasteiger partial charge in [0, 0.05) is 36.0 Å². The van der Waals surface area contributed by atoms with Crippen molar-refractivity contribution < 1.29 is 14.1 Å². The van der Waals surface area contributed by atoms with Crippen LogP contribution in [0.25, 0.3) is 11.1 Å². The predicted octanol–water partition coefficient (Wildman–Crippen LogP) is 4.20. The summed E-state index contributed by atoms with van der Waals surface area (Å²) in [5.41, 5.74) is 2.22. The zero-order chi connectivity index (χ0) is 21.2. The minimum absolute atomic E-state index is 0.00508. The molecule has 3 rings (SSSR count). The molecule has 1 saturated carbocycles. The van der Waals surface area contributed by atoms with Gasteiger partial charge in [0.15, 0.2) is 0 Å². The zero-order valence-electron chi connectivity index (χ0n) is 17.9. The van der Waals surface area contributed by atoms with Crippen molar-refractivity contribution in [3.8, 4) is 11.1 Å². The number of hydrogen-bond acceptors (Lipinski definition) is 5. The third-order valence-corrected chi connectivity index (χ3v) is 5.33. The fraction of sp³-hybridized carbons (Fsp3) is 0.591. The first-order chi connectivity index (χ1) is 13.6. The molecule has 0 aliphatic heterocycles. The lowest BCUT2D eigenvalue weighted by atomic mass is 9.86. The number of nitrogens with one attached hydrogen (secondary N) is 1. The van der Waals surface area contributed by atoms with Crippen molar-refractivity contribution in [3.05, 3.63) is 40.1 Å². The lowest BCUT2D eigenvalue weighted by Gasteiger charge is -2.30. The van der Waals surface area contributed by atoms with Crippen LogP contribution in [0.1, 0.15) is 57.9 Å². The number of alkyl carbamates (subject to hydrolysis) is 1. The third kappa shape index (κ3) is 5.49. The Morgan fingerprint density at radius 3 is 2.52 bits per heavy atom. The molecule has 1 amide bonds. The van der Waals surface area contributed by atoms with Crippen molar-refractivity contribution in [1.82, 2.24) is 15.0 Å². The third-order valence-electron chi connectivity index (χ3n) is 5.33. The molecule has 0 spiro atoms. The molecule has 2 aromatic rings. The number of carbonyl (C=O) groups excluding carboxylic acids is 1. The Labute approximate surface area is 171 Å². The van der Waals surface area contributed by atoms with Gasteiger partial charge in [-0.25, -0.2) is 4.79 Å². The summed E-state index contributed by atoms with van der Waals surface area (Å²) in [5, 5.41) is 6.97. The molecule has 1 aliphatic rings. The van der Waals surface area contributed by atoms with E-state index in [4.69, 9.17) is 9.26 Å². The number of pyridine rings is 1. The van der Waals surface area contributed by atoms with Crippen LogP contribution in [-0.2, 0) is 11.3 Å². The van der Waals surface area contributed by atoms with Gasteiger partial charge in [0.05, 0.1) is 5.69 Å². The van der Waals surface area contributed by atoms with Crippen molar-refractivity contribution in [1.29, 1.82) is 0 Å². The van der Waals surface area contributed by atoms with Crippen LogP contribution in [0.15, 0.2) is 27.6 Å². The molecule has 2 aromatic heterocycles. The van der Waals surface area contributed by atoms with Gasteiger partial charge in [0.25, 0.3) is 5.56 Å². The maximum absolute atomic E-state index is 12.4. The Morgan fingerprint density at radius 2 is 1.93 bits per heavy atom. The number of rotatable bonds is 4. The monoisotopic (exact) mass is 401 g/mol. The summed E-state index contributed by atoms with van der Waals surface area (Å²) in [7, 11) is 0. The number of carbonyl (C=O) groups is 1. The first-order valence-electron chi connectivity index (χ1n) is 10.3. The average Bonchev–Trinajstić information content (AvgIpc) is 2.95. The summed E-state index contributed by atoms with van der Waals surface area (Å²) in [5.74, 6) is 1.16.